The van der Waals surface area contributed by atoms with Crippen LogP contribution in [0.5, 0.6) is 0 Å². The molecule has 1 heterocycles. The Hall–Kier alpha value is -1.75. The van der Waals surface area contributed by atoms with Gasteiger partial charge in [0.25, 0.3) is 0 Å². The predicted molar refractivity (Wildman–Crippen MR) is 164 cm³/mol. The van der Waals surface area contributed by atoms with Gasteiger partial charge in [0.15, 0.2) is 0 Å². The van der Waals surface area contributed by atoms with Crippen LogP contribution in [0.2, 0.25) is 0 Å². The Morgan fingerprint density at radius 2 is 1.08 bits per heavy atom. The molecule has 38 heavy (non-hydrogen) atoms. The number of hydrogen-bond donors (Lipinski definition) is 0. The molecule has 0 N–H and O–H groups in total. The van der Waals surface area contributed by atoms with Crippen molar-refractivity contribution in [3.8, 4) is 0 Å². The maximum absolute atomic E-state index is 6.51. The first-order chi connectivity index (χ1) is 18.0. The van der Waals surface area contributed by atoms with Crippen molar-refractivity contribution >= 4 is 35.1 Å². The van der Waals surface area contributed by atoms with E-state index in [0.29, 0.717) is 5.92 Å². The molecule has 0 aromatic heterocycles. The van der Waals surface area contributed by atoms with E-state index in [-0.39, 0.29) is 0 Å². The molecule has 7 heteroatoms. The Labute approximate surface area is 243 Å². The Balaban J connectivity index is 0.000000336. The van der Waals surface area contributed by atoms with Gasteiger partial charge in [-0.3, -0.25) is 0 Å². The molecular weight excluding hydrogens is 600 g/mol. The molecule has 0 saturated carbocycles. The molecule has 0 amide bonds. The van der Waals surface area contributed by atoms with Crippen LogP contribution in [0.15, 0.2) is 72.8 Å². The van der Waals surface area contributed by atoms with Crippen molar-refractivity contribution in [2.45, 2.75) is 39.8 Å². The summed E-state index contributed by atoms with van der Waals surface area (Å²) < 4.78 is 1.14. The molecule has 0 bridgehead atoms. The number of aryl methyl sites for hydroxylation is 1. The minimum absolute atomic E-state index is 0.653. The summed E-state index contributed by atoms with van der Waals surface area (Å²) in [5.74, 6) is 0.653. The van der Waals surface area contributed by atoms with Crippen molar-refractivity contribution in [2.75, 3.05) is 51.1 Å². The Morgan fingerprint density at radius 1 is 0.684 bits per heavy atom. The summed E-state index contributed by atoms with van der Waals surface area (Å²) in [6.45, 7) is 10.2. The quantitative estimate of drug-likeness (QED) is 0.252. The van der Waals surface area contributed by atoms with Crippen LogP contribution in [0.4, 0.5) is 11.4 Å². The van der Waals surface area contributed by atoms with Gasteiger partial charge >= 0.3 is 182 Å². The van der Waals surface area contributed by atoms with Gasteiger partial charge in [-0.15, -0.1) is 0 Å². The van der Waals surface area contributed by atoms with Crippen molar-refractivity contribution in [3.63, 3.8) is 0 Å². The summed E-state index contributed by atoms with van der Waals surface area (Å²) in [5.41, 5.74) is 7.74. The fraction of sp³-hybridized carbons (Fsp3) is 0.387. The van der Waals surface area contributed by atoms with Gasteiger partial charge < -0.3 is 0 Å². The Bertz CT molecular complexity index is 1110. The van der Waals surface area contributed by atoms with Crippen molar-refractivity contribution in [1.29, 1.82) is 0 Å². The van der Waals surface area contributed by atoms with E-state index in [2.05, 4.69) is 141 Å². The molecule has 0 aliphatic carbocycles. The van der Waals surface area contributed by atoms with E-state index in [1.807, 2.05) is 0 Å². The molecule has 0 spiro atoms. The zero-order valence-electron chi connectivity index (χ0n) is 23.7. The molecule has 1 aliphatic heterocycles. The molecule has 3 aromatic carbocycles. The van der Waals surface area contributed by atoms with Gasteiger partial charge in [0.05, 0.1) is 0 Å². The largest absolute Gasteiger partial charge is 0.0590 e. The normalized spacial score (nSPS) is 14.4. The molecule has 0 radical (unpaired) electrons. The zero-order chi connectivity index (χ0) is 27.8. The second kappa shape index (κ2) is 14.6. The molecule has 3 aromatic rings. The summed E-state index contributed by atoms with van der Waals surface area (Å²) in [7, 11) is 21.3. The van der Waals surface area contributed by atoms with E-state index in [1.165, 1.54) is 33.6 Å². The standard InChI is InChI=1S/C21H28N4.C10H14.2ClH.Ru/c1-22(2)20-9-5-18(6-10-20)15-24-13-14-25(17-24)16-19-7-11-21(12-8-19)23(3)4;1-8(2)10-6-4-9(3)5-7-10;;;/h5-12H,13-16H2,1-4H3;4-8H,1-3H3;2*1H;/q;;;;+2/p-2. The van der Waals surface area contributed by atoms with Crippen LogP contribution < -0.4 is 9.80 Å². The molecule has 1 saturated heterocycles. The van der Waals surface area contributed by atoms with E-state index < -0.39 is 13.5 Å². The number of nitrogens with zero attached hydrogens (tertiary/aromatic N) is 4. The number of benzene rings is 3. The third-order valence-electron chi connectivity index (χ3n) is 6.66. The van der Waals surface area contributed by atoms with Crippen molar-refractivity contribution in [2.24, 2.45) is 0 Å². The van der Waals surface area contributed by atoms with Crippen LogP contribution in [-0.4, -0.2) is 55.4 Å². The first-order valence-corrected chi connectivity index (χ1v) is 18.4. The fourth-order valence-electron chi connectivity index (χ4n) is 4.27. The van der Waals surface area contributed by atoms with Crippen LogP contribution in [0.3, 0.4) is 0 Å². The number of anilines is 2. The molecule has 1 fully saturated rings. The fourth-order valence-corrected chi connectivity index (χ4v) is 7.76. The van der Waals surface area contributed by atoms with E-state index in [4.69, 9.17) is 19.4 Å². The minimum atomic E-state index is -2.02. The first kappa shape index (κ1) is 30.8. The SMILES string of the molecule is CN(C)c1ccc(CN2CCN(Cc3ccc(N(C)C)cc3)[C]2=[Ru]([Cl])[Cl])cc1.Cc1ccc(C(C)C)cc1. The van der Waals surface area contributed by atoms with Gasteiger partial charge in [-0.2, -0.15) is 0 Å². The average Bonchev–Trinajstić information content (AvgIpc) is 3.27. The van der Waals surface area contributed by atoms with Crippen molar-refractivity contribution in [3.05, 3.63) is 95.1 Å². The summed E-state index contributed by atoms with van der Waals surface area (Å²) in [5, 5.41) is 0. The first-order valence-electron chi connectivity index (χ1n) is 13.0. The third-order valence-corrected chi connectivity index (χ3v) is 9.76. The Morgan fingerprint density at radius 3 is 1.39 bits per heavy atom. The van der Waals surface area contributed by atoms with Gasteiger partial charge in [-0.1, -0.05) is 43.7 Å². The molecule has 0 atom stereocenters. The number of halogens is 2. The van der Waals surface area contributed by atoms with Gasteiger partial charge in [0.1, 0.15) is 0 Å². The number of rotatable bonds is 7. The summed E-state index contributed by atoms with van der Waals surface area (Å²) in [6, 6.07) is 26.1. The third kappa shape index (κ3) is 8.90. The van der Waals surface area contributed by atoms with Gasteiger partial charge in [-0.25, -0.2) is 0 Å². The van der Waals surface area contributed by atoms with Crippen LogP contribution >= 0.6 is 19.4 Å². The van der Waals surface area contributed by atoms with E-state index in [0.717, 1.165) is 30.5 Å². The van der Waals surface area contributed by atoms with Crippen LogP contribution in [0, 0.1) is 6.92 Å². The second-order valence-electron chi connectivity index (χ2n) is 10.5. The smallest absolute Gasteiger partial charge is 0.0219 e. The topological polar surface area (TPSA) is 13.0 Å². The molecule has 0 unspecified atom stereocenters. The average molecular weight is 643 g/mol. The maximum Gasteiger partial charge on any atom is -0.0219 e. The minimum Gasteiger partial charge on any atom is -0.0590 e. The van der Waals surface area contributed by atoms with E-state index >= 15 is 0 Å². The van der Waals surface area contributed by atoms with Gasteiger partial charge in [-0.05, 0) is 18.4 Å². The van der Waals surface area contributed by atoms with E-state index in [1.54, 1.807) is 0 Å². The molecule has 4 rings (SSSR count). The van der Waals surface area contributed by atoms with Gasteiger partial charge in [0, 0.05) is 0 Å². The van der Waals surface area contributed by atoms with Crippen molar-refractivity contribution in [1.82, 2.24) is 9.80 Å². The molecule has 1 aliphatic rings. The molecular formula is C31H42Cl2N4Ru. The van der Waals surface area contributed by atoms with Crippen LogP contribution in [0.25, 0.3) is 0 Å². The number of hydrogen-bond acceptors (Lipinski definition) is 4. The van der Waals surface area contributed by atoms with Gasteiger partial charge in [0.2, 0.25) is 0 Å². The second-order valence-corrected chi connectivity index (χ2v) is 16.1. The van der Waals surface area contributed by atoms with Crippen LogP contribution in [-0.2, 0) is 26.6 Å². The monoisotopic (exact) mass is 642 g/mol. The molecule has 208 valence electrons. The zero-order valence-corrected chi connectivity index (χ0v) is 27.0. The summed E-state index contributed by atoms with van der Waals surface area (Å²) >= 11 is -2.02. The molecule has 4 nitrogen and oxygen atoms in total. The summed E-state index contributed by atoms with van der Waals surface area (Å²) in [4.78, 5) is 8.94. The maximum atomic E-state index is 6.51. The van der Waals surface area contributed by atoms with Crippen molar-refractivity contribution < 1.29 is 13.5 Å². The summed E-state index contributed by atoms with van der Waals surface area (Å²) in [6.07, 6.45) is 0. The Kier molecular flexibility index (Phi) is 11.8. The van der Waals surface area contributed by atoms with Crippen LogP contribution in [0.1, 0.15) is 42.0 Å². The predicted octanol–water partition coefficient (Wildman–Crippen LogP) is 7.27. The van der Waals surface area contributed by atoms with E-state index in [9.17, 15) is 0 Å².